The maximum atomic E-state index is 8.74. The molecular formula is C15H20O2S. The number of thioether (sulfide) groups is 1. The van der Waals surface area contributed by atoms with Crippen molar-refractivity contribution < 1.29 is 9.84 Å². The van der Waals surface area contributed by atoms with E-state index >= 15 is 0 Å². The molecule has 1 N–H and O–H groups in total. The number of unbranched alkanes of at least 4 members (excludes halogenated alkanes) is 1. The van der Waals surface area contributed by atoms with Gasteiger partial charge in [-0.25, -0.2) is 0 Å². The van der Waals surface area contributed by atoms with Crippen LogP contribution in [0.1, 0.15) is 30.9 Å². The lowest BCUT2D eigenvalue weighted by Gasteiger charge is -2.06. The van der Waals surface area contributed by atoms with Crippen molar-refractivity contribution in [2.45, 2.75) is 25.5 Å². The van der Waals surface area contributed by atoms with Gasteiger partial charge in [0.15, 0.2) is 0 Å². The van der Waals surface area contributed by atoms with Crippen molar-refractivity contribution in [3.8, 4) is 17.6 Å². The van der Waals surface area contributed by atoms with Crippen LogP contribution in [-0.2, 0) is 5.75 Å². The Bertz CT molecular complexity index is 418. The first-order valence-corrected chi connectivity index (χ1v) is 7.31. The molecule has 0 bridgehead atoms. The monoisotopic (exact) mass is 264 g/mol. The van der Waals surface area contributed by atoms with Gasteiger partial charge in [-0.2, -0.15) is 11.8 Å². The quantitative estimate of drug-likeness (QED) is 0.632. The molecule has 1 rings (SSSR count). The molecule has 98 valence electrons. The molecule has 18 heavy (non-hydrogen) atoms. The molecule has 1 aromatic carbocycles. The van der Waals surface area contributed by atoms with Gasteiger partial charge in [-0.05, 0) is 29.9 Å². The van der Waals surface area contributed by atoms with Gasteiger partial charge in [-0.15, -0.1) is 0 Å². The Morgan fingerprint density at radius 2 is 2.22 bits per heavy atom. The molecular weight excluding hydrogens is 244 g/mol. The number of hydrogen-bond acceptors (Lipinski definition) is 3. The smallest absolute Gasteiger partial charge is 0.134 e. The van der Waals surface area contributed by atoms with Crippen LogP contribution in [-0.4, -0.2) is 24.6 Å². The van der Waals surface area contributed by atoms with Crippen LogP contribution >= 0.6 is 11.8 Å². The minimum Gasteiger partial charge on any atom is -0.495 e. The molecule has 0 fully saturated rings. The topological polar surface area (TPSA) is 29.5 Å². The van der Waals surface area contributed by atoms with Crippen LogP contribution in [0.2, 0.25) is 0 Å². The van der Waals surface area contributed by atoms with Crippen LogP contribution in [0.5, 0.6) is 5.75 Å². The summed E-state index contributed by atoms with van der Waals surface area (Å²) in [6.07, 6.45) is 2.50. The predicted octanol–water partition coefficient (Wildman–Crippen LogP) is 3.07. The molecule has 0 heterocycles. The second-order valence-electron chi connectivity index (χ2n) is 3.90. The summed E-state index contributed by atoms with van der Waals surface area (Å²) in [5, 5.41) is 8.74. The van der Waals surface area contributed by atoms with Crippen molar-refractivity contribution in [1.82, 2.24) is 0 Å². The number of ether oxygens (including phenoxy) is 1. The first-order chi connectivity index (χ1) is 8.81. The number of aliphatic hydroxyl groups excluding tert-OH is 1. The lowest BCUT2D eigenvalue weighted by atomic mass is 10.1. The van der Waals surface area contributed by atoms with Crippen LogP contribution in [0.25, 0.3) is 0 Å². The highest BCUT2D eigenvalue weighted by atomic mass is 32.2. The van der Waals surface area contributed by atoms with Gasteiger partial charge in [0.25, 0.3) is 0 Å². The number of rotatable bonds is 6. The largest absolute Gasteiger partial charge is 0.495 e. The summed E-state index contributed by atoms with van der Waals surface area (Å²) >= 11 is 1.94. The third-order valence-electron chi connectivity index (χ3n) is 2.48. The molecule has 0 atom stereocenters. The summed E-state index contributed by atoms with van der Waals surface area (Å²) in [6.45, 7) is 2.08. The molecule has 0 saturated carbocycles. The molecule has 0 aliphatic heterocycles. The Hall–Kier alpha value is -1.11. The third kappa shape index (κ3) is 5.03. The van der Waals surface area contributed by atoms with Crippen LogP contribution in [0.3, 0.4) is 0 Å². The molecule has 0 saturated heterocycles. The second-order valence-corrected chi connectivity index (χ2v) is 5.01. The summed E-state index contributed by atoms with van der Waals surface area (Å²) in [5.74, 6) is 8.54. The van der Waals surface area contributed by atoms with E-state index in [9.17, 15) is 0 Å². The van der Waals surface area contributed by atoms with E-state index in [0.29, 0.717) is 0 Å². The summed E-state index contributed by atoms with van der Waals surface area (Å²) in [4.78, 5) is 0. The van der Waals surface area contributed by atoms with Crippen molar-refractivity contribution in [1.29, 1.82) is 0 Å². The molecule has 3 heteroatoms. The highest BCUT2D eigenvalue weighted by Crippen LogP contribution is 2.22. The standard InChI is InChI=1S/C15H20O2S/c1-3-4-10-18-12-13-7-8-15(17-2)14(11-13)6-5-9-16/h7-8,11,16H,3-4,9-10,12H2,1-2H3. The molecule has 2 nitrogen and oxygen atoms in total. The van der Waals surface area contributed by atoms with E-state index in [0.717, 1.165) is 17.1 Å². The fourth-order valence-electron chi connectivity index (χ4n) is 1.51. The van der Waals surface area contributed by atoms with Gasteiger partial charge in [-0.1, -0.05) is 31.3 Å². The van der Waals surface area contributed by atoms with Gasteiger partial charge in [0.1, 0.15) is 12.4 Å². The average Bonchev–Trinajstić information content (AvgIpc) is 2.41. The zero-order chi connectivity index (χ0) is 13.2. The van der Waals surface area contributed by atoms with Gasteiger partial charge in [0.05, 0.1) is 12.7 Å². The molecule has 0 aromatic heterocycles. The zero-order valence-electron chi connectivity index (χ0n) is 11.0. The lowest BCUT2D eigenvalue weighted by molar-refractivity contribution is 0.350. The highest BCUT2D eigenvalue weighted by molar-refractivity contribution is 7.98. The Morgan fingerprint density at radius 1 is 1.39 bits per heavy atom. The lowest BCUT2D eigenvalue weighted by Crippen LogP contribution is -1.91. The van der Waals surface area contributed by atoms with Crippen LogP contribution in [0.15, 0.2) is 18.2 Å². The first kappa shape index (κ1) is 14.9. The SMILES string of the molecule is CCCCSCc1ccc(OC)c(C#CCO)c1. The van der Waals surface area contributed by atoms with Gasteiger partial charge in [0, 0.05) is 5.75 Å². The second kappa shape index (κ2) is 8.91. The van der Waals surface area contributed by atoms with Crippen molar-refractivity contribution in [2.24, 2.45) is 0 Å². The Morgan fingerprint density at radius 3 is 2.89 bits per heavy atom. The highest BCUT2D eigenvalue weighted by Gasteiger charge is 2.02. The molecule has 1 aromatic rings. The van der Waals surface area contributed by atoms with Crippen molar-refractivity contribution in [2.75, 3.05) is 19.5 Å². The van der Waals surface area contributed by atoms with Gasteiger partial charge < -0.3 is 9.84 Å². The van der Waals surface area contributed by atoms with Crippen molar-refractivity contribution in [3.63, 3.8) is 0 Å². The number of hydrogen-bond donors (Lipinski definition) is 1. The van der Waals surface area contributed by atoms with E-state index in [-0.39, 0.29) is 6.61 Å². The molecule has 0 spiro atoms. The predicted molar refractivity (Wildman–Crippen MR) is 78.0 cm³/mol. The van der Waals surface area contributed by atoms with Crippen LogP contribution in [0.4, 0.5) is 0 Å². The molecule has 0 unspecified atom stereocenters. The van der Waals surface area contributed by atoms with Gasteiger partial charge in [0.2, 0.25) is 0 Å². The zero-order valence-corrected chi connectivity index (χ0v) is 11.8. The fraction of sp³-hybridized carbons (Fsp3) is 0.467. The first-order valence-electron chi connectivity index (χ1n) is 6.16. The minimum absolute atomic E-state index is 0.126. The minimum atomic E-state index is -0.126. The van der Waals surface area contributed by atoms with E-state index in [2.05, 4.69) is 24.8 Å². The maximum absolute atomic E-state index is 8.74. The van der Waals surface area contributed by atoms with Crippen molar-refractivity contribution >= 4 is 11.8 Å². The summed E-state index contributed by atoms with van der Waals surface area (Å²) < 4.78 is 5.25. The van der Waals surface area contributed by atoms with Crippen LogP contribution < -0.4 is 4.74 Å². The molecule has 0 radical (unpaired) electrons. The van der Waals surface area contributed by atoms with E-state index in [1.807, 2.05) is 23.9 Å². The normalized spacial score (nSPS) is 9.72. The number of aliphatic hydroxyl groups is 1. The molecule has 0 aliphatic carbocycles. The van der Waals surface area contributed by atoms with E-state index < -0.39 is 0 Å². The summed E-state index contributed by atoms with van der Waals surface area (Å²) in [7, 11) is 1.63. The van der Waals surface area contributed by atoms with E-state index in [1.54, 1.807) is 7.11 Å². The van der Waals surface area contributed by atoms with E-state index in [4.69, 9.17) is 9.84 Å². The fourth-order valence-corrected chi connectivity index (χ4v) is 2.57. The molecule has 0 amide bonds. The molecule has 0 aliphatic rings. The third-order valence-corrected chi connectivity index (χ3v) is 3.59. The number of benzene rings is 1. The van der Waals surface area contributed by atoms with Crippen molar-refractivity contribution in [3.05, 3.63) is 29.3 Å². The maximum Gasteiger partial charge on any atom is 0.134 e. The van der Waals surface area contributed by atoms with Gasteiger partial charge in [-0.3, -0.25) is 0 Å². The average molecular weight is 264 g/mol. The Labute approximate surface area is 114 Å². The van der Waals surface area contributed by atoms with E-state index in [1.165, 1.54) is 24.2 Å². The van der Waals surface area contributed by atoms with Gasteiger partial charge >= 0.3 is 0 Å². The van der Waals surface area contributed by atoms with Crippen LogP contribution in [0, 0.1) is 11.8 Å². The number of methoxy groups -OCH3 is 1. The summed E-state index contributed by atoms with van der Waals surface area (Å²) in [5.41, 5.74) is 2.10. The Balaban J connectivity index is 2.70. The summed E-state index contributed by atoms with van der Waals surface area (Å²) in [6, 6.07) is 6.06. The Kier molecular flexibility index (Phi) is 7.40.